The van der Waals surface area contributed by atoms with Crippen molar-refractivity contribution < 1.29 is 4.79 Å². The van der Waals surface area contributed by atoms with E-state index in [1.807, 2.05) is 35.7 Å². The first-order valence-electron chi connectivity index (χ1n) is 5.73. The van der Waals surface area contributed by atoms with Crippen molar-refractivity contribution >= 4 is 29.0 Å². The molecule has 2 nitrogen and oxygen atoms in total. The Morgan fingerprint density at radius 1 is 1.28 bits per heavy atom. The van der Waals surface area contributed by atoms with E-state index in [2.05, 4.69) is 18.3 Å². The van der Waals surface area contributed by atoms with Crippen molar-refractivity contribution in [2.24, 2.45) is 0 Å². The van der Waals surface area contributed by atoms with E-state index in [-0.39, 0.29) is 5.91 Å². The van der Waals surface area contributed by atoms with Gasteiger partial charge in [0.15, 0.2) is 0 Å². The quantitative estimate of drug-likeness (QED) is 0.848. The highest BCUT2D eigenvalue weighted by Gasteiger charge is 2.04. The molecule has 0 unspecified atom stereocenters. The normalized spacial score (nSPS) is 10.3. The molecule has 1 amide bonds. The van der Waals surface area contributed by atoms with E-state index < -0.39 is 0 Å². The number of thiophene rings is 1. The van der Waals surface area contributed by atoms with Crippen LogP contribution in [0.1, 0.15) is 11.1 Å². The molecule has 2 aromatic rings. The van der Waals surface area contributed by atoms with E-state index in [9.17, 15) is 4.79 Å². The Hall–Kier alpha value is -1.26. The SMILES string of the molecule is Cc1ccccc1CNC(=O)CSc1cccs1. The Morgan fingerprint density at radius 3 is 2.83 bits per heavy atom. The van der Waals surface area contributed by atoms with Gasteiger partial charge >= 0.3 is 0 Å². The zero-order valence-corrected chi connectivity index (χ0v) is 11.8. The fourth-order valence-corrected chi connectivity index (χ4v) is 3.15. The molecule has 0 aliphatic carbocycles. The van der Waals surface area contributed by atoms with Gasteiger partial charge in [0.05, 0.1) is 9.96 Å². The average Bonchev–Trinajstić information content (AvgIpc) is 2.88. The second kappa shape index (κ2) is 6.61. The third kappa shape index (κ3) is 3.89. The predicted octanol–water partition coefficient (Wildman–Crippen LogP) is 3.47. The topological polar surface area (TPSA) is 29.1 Å². The lowest BCUT2D eigenvalue weighted by Gasteiger charge is -2.07. The van der Waals surface area contributed by atoms with Crippen molar-refractivity contribution in [3.63, 3.8) is 0 Å². The molecule has 4 heteroatoms. The highest BCUT2D eigenvalue weighted by molar-refractivity contribution is 8.01. The number of hydrogen-bond acceptors (Lipinski definition) is 3. The fourth-order valence-electron chi connectivity index (χ4n) is 1.54. The van der Waals surface area contributed by atoms with E-state index >= 15 is 0 Å². The molecular weight excluding hydrogens is 262 g/mol. The van der Waals surface area contributed by atoms with Crippen molar-refractivity contribution in [3.05, 3.63) is 52.9 Å². The molecule has 18 heavy (non-hydrogen) atoms. The molecule has 1 aromatic heterocycles. The van der Waals surface area contributed by atoms with Crippen molar-refractivity contribution in [1.82, 2.24) is 5.32 Å². The maximum Gasteiger partial charge on any atom is 0.230 e. The summed E-state index contributed by atoms with van der Waals surface area (Å²) in [4.78, 5) is 11.7. The lowest BCUT2D eigenvalue weighted by Crippen LogP contribution is -2.24. The second-order valence-electron chi connectivity index (χ2n) is 3.92. The summed E-state index contributed by atoms with van der Waals surface area (Å²) < 4.78 is 1.18. The number of amides is 1. The van der Waals surface area contributed by atoms with Gasteiger partial charge in [-0.15, -0.1) is 23.1 Å². The zero-order valence-electron chi connectivity index (χ0n) is 10.2. The summed E-state index contributed by atoms with van der Waals surface area (Å²) in [6, 6.07) is 12.1. The first-order valence-corrected chi connectivity index (χ1v) is 7.60. The summed E-state index contributed by atoms with van der Waals surface area (Å²) in [5.74, 6) is 0.559. The summed E-state index contributed by atoms with van der Waals surface area (Å²) in [5.41, 5.74) is 2.38. The number of benzene rings is 1. The number of carbonyl (C=O) groups is 1. The van der Waals surface area contributed by atoms with Crippen LogP contribution in [0.3, 0.4) is 0 Å². The monoisotopic (exact) mass is 277 g/mol. The molecule has 0 atom stereocenters. The average molecular weight is 277 g/mol. The molecule has 0 spiro atoms. The fraction of sp³-hybridized carbons (Fsp3) is 0.214. The summed E-state index contributed by atoms with van der Waals surface area (Å²) in [7, 11) is 0. The minimum absolute atomic E-state index is 0.0802. The predicted molar refractivity (Wildman–Crippen MR) is 78.1 cm³/mol. The number of rotatable bonds is 5. The van der Waals surface area contributed by atoms with Crippen LogP contribution in [-0.4, -0.2) is 11.7 Å². The summed E-state index contributed by atoms with van der Waals surface area (Å²) in [5, 5.41) is 4.97. The molecule has 0 radical (unpaired) electrons. The van der Waals surface area contributed by atoms with Gasteiger partial charge in [0.2, 0.25) is 5.91 Å². The summed E-state index contributed by atoms with van der Waals surface area (Å²) in [6.45, 7) is 2.67. The molecule has 0 fully saturated rings. The Morgan fingerprint density at radius 2 is 2.11 bits per heavy atom. The van der Waals surface area contributed by atoms with E-state index in [1.54, 1.807) is 23.1 Å². The molecule has 0 saturated carbocycles. The van der Waals surface area contributed by atoms with Gasteiger partial charge in [-0.05, 0) is 29.5 Å². The van der Waals surface area contributed by atoms with Crippen LogP contribution in [-0.2, 0) is 11.3 Å². The Labute approximate surface area is 115 Å². The van der Waals surface area contributed by atoms with Crippen LogP contribution in [0.25, 0.3) is 0 Å². The van der Waals surface area contributed by atoms with Gasteiger partial charge in [0.1, 0.15) is 0 Å². The van der Waals surface area contributed by atoms with Crippen LogP contribution in [0, 0.1) is 6.92 Å². The van der Waals surface area contributed by atoms with E-state index in [0.29, 0.717) is 12.3 Å². The molecule has 0 bridgehead atoms. The molecule has 1 N–H and O–H groups in total. The Kier molecular flexibility index (Phi) is 4.84. The largest absolute Gasteiger partial charge is 0.351 e. The summed E-state index contributed by atoms with van der Waals surface area (Å²) in [6.07, 6.45) is 0. The Balaban J connectivity index is 1.77. The Bertz CT molecular complexity index is 508. The van der Waals surface area contributed by atoms with E-state index in [4.69, 9.17) is 0 Å². The van der Waals surface area contributed by atoms with Gasteiger partial charge in [0.25, 0.3) is 0 Å². The second-order valence-corrected chi connectivity index (χ2v) is 6.15. The van der Waals surface area contributed by atoms with Crippen molar-refractivity contribution in [2.45, 2.75) is 17.7 Å². The number of nitrogens with one attached hydrogen (secondary N) is 1. The molecule has 0 aliphatic rings. The third-order valence-electron chi connectivity index (χ3n) is 2.58. The third-order valence-corrected chi connectivity index (χ3v) is 4.71. The van der Waals surface area contributed by atoms with Crippen LogP contribution in [0.4, 0.5) is 0 Å². The van der Waals surface area contributed by atoms with Crippen LogP contribution >= 0.6 is 23.1 Å². The number of thioether (sulfide) groups is 1. The molecule has 0 aliphatic heterocycles. The van der Waals surface area contributed by atoms with Crippen LogP contribution in [0.2, 0.25) is 0 Å². The van der Waals surface area contributed by atoms with Gasteiger partial charge in [-0.2, -0.15) is 0 Å². The molecule has 1 aromatic carbocycles. The molecule has 2 rings (SSSR count). The molecular formula is C14H15NOS2. The zero-order chi connectivity index (χ0) is 12.8. The van der Waals surface area contributed by atoms with Gasteiger partial charge in [-0.1, -0.05) is 30.3 Å². The maximum atomic E-state index is 11.7. The van der Waals surface area contributed by atoms with Gasteiger partial charge < -0.3 is 5.32 Å². The van der Waals surface area contributed by atoms with E-state index in [1.165, 1.54) is 15.3 Å². The van der Waals surface area contributed by atoms with Crippen LogP contribution in [0.5, 0.6) is 0 Å². The van der Waals surface area contributed by atoms with Crippen molar-refractivity contribution in [1.29, 1.82) is 0 Å². The lowest BCUT2D eigenvalue weighted by molar-refractivity contribution is -0.118. The lowest BCUT2D eigenvalue weighted by atomic mass is 10.1. The number of hydrogen-bond donors (Lipinski definition) is 1. The molecule has 0 saturated heterocycles. The summed E-state index contributed by atoms with van der Waals surface area (Å²) >= 11 is 3.25. The van der Waals surface area contributed by atoms with Crippen molar-refractivity contribution in [3.8, 4) is 0 Å². The number of aryl methyl sites for hydroxylation is 1. The molecule has 94 valence electrons. The van der Waals surface area contributed by atoms with Gasteiger partial charge in [0, 0.05) is 6.54 Å². The smallest absolute Gasteiger partial charge is 0.230 e. The van der Waals surface area contributed by atoms with Gasteiger partial charge in [-0.25, -0.2) is 0 Å². The minimum atomic E-state index is 0.0802. The highest BCUT2D eigenvalue weighted by Crippen LogP contribution is 2.22. The standard InChI is InChI=1S/C14H15NOS2/c1-11-5-2-3-6-12(11)9-15-13(16)10-18-14-7-4-8-17-14/h2-8H,9-10H2,1H3,(H,15,16). The van der Waals surface area contributed by atoms with Crippen LogP contribution in [0.15, 0.2) is 46.0 Å². The first-order chi connectivity index (χ1) is 8.75. The number of carbonyl (C=O) groups excluding carboxylic acids is 1. The van der Waals surface area contributed by atoms with Gasteiger partial charge in [-0.3, -0.25) is 4.79 Å². The first kappa shape index (κ1) is 13.2. The van der Waals surface area contributed by atoms with Crippen molar-refractivity contribution in [2.75, 3.05) is 5.75 Å². The highest BCUT2D eigenvalue weighted by atomic mass is 32.2. The minimum Gasteiger partial charge on any atom is -0.351 e. The van der Waals surface area contributed by atoms with Crippen LogP contribution < -0.4 is 5.32 Å². The molecule has 1 heterocycles. The van der Waals surface area contributed by atoms with E-state index in [0.717, 1.165) is 0 Å². The maximum absolute atomic E-state index is 11.7.